The van der Waals surface area contributed by atoms with Crippen LogP contribution in [-0.2, 0) is 22.6 Å². The van der Waals surface area contributed by atoms with E-state index in [1.807, 2.05) is 18.2 Å². The first kappa shape index (κ1) is 25.2. The molecule has 3 aromatic rings. The Labute approximate surface area is 209 Å². The molecule has 8 nitrogen and oxygen atoms in total. The maximum Gasteiger partial charge on any atom is 0.278 e. The highest BCUT2D eigenvalue weighted by Gasteiger charge is 2.28. The van der Waals surface area contributed by atoms with E-state index in [1.54, 1.807) is 25.9 Å². The summed E-state index contributed by atoms with van der Waals surface area (Å²) in [5, 5.41) is 5.40. The zero-order valence-corrected chi connectivity index (χ0v) is 20.6. The molecule has 188 valence electrons. The van der Waals surface area contributed by atoms with Crippen LogP contribution in [0.3, 0.4) is 0 Å². The van der Waals surface area contributed by atoms with Crippen LogP contribution in [0.25, 0.3) is 11.4 Å². The van der Waals surface area contributed by atoms with Gasteiger partial charge >= 0.3 is 0 Å². The maximum absolute atomic E-state index is 13.5. The van der Waals surface area contributed by atoms with Crippen LogP contribution in [0.5, 0.6) is 0 Å². The number of amides is 2. The molecule has 0 spiro atoms. The largest absolute Gasteiger partial charge is 0.337 e. The Morgan fingerprint density at radius 3 is 2.64 bits per heavy atom. The molecule has 9 heteroatoms. The molecule has 0 aliphatic heterocycles. The van der Waals surface area contributed by atoms with Gasteiger partial charge in [0.05, 0.1) is 18.3 Å². The van der Waals surface area contributed by atoms with Gasteiger partial charge in [0, 0.05) is 12.6 Å². The van der Waals surface area contributed by atoms with Gasteiger partial charge in [0.1, 0.15) is 23.9 Å². The van der Waals surface area contributed by atoms with Crippen molar-refractivity contribution in [3.05, 3.63) is 82.0 Å². The van der Waals surface area contributed by atoms with Gasteiger partial charge in [-0.05, 0) is 68.6 Å². The third-order valence-corrected chi connectivity index (χ3v) is 6.73. The van der Waals surface area contributed by atoms with E-state index in [0.29, 0.717) is 5.56 Å². The molecule has 2 N–H and O–H groups in total. The zero-order chi connectivity index (χ0) is 25.8. The third-order valence-electron chi connectivity index (χ3n) is 6.73. The highest BCUT2D eigenvalue weighted by atomic mass is 19.1. The van der Waals surface area contributed by atoms with Crippen molar-refractivity contribution >= 4 is 17.5 Å². The Balaban J connectivity index is 1.69. The van der Waals surface area contributed by atoms with E-state index in [4.69, 9.17) is 0 Å². The number of carbonyl (C=O) groups is 2. The number of rotatable bonds is 7. The van der Waals surface area contributed by atoms with Gasteiger partial charge in [0.15, 0.2) is 0 Å². The van der Waals surface area contributed by atoms with Crippen LogP contribution in [-0.4, -0.2) is 46.4 Å². The van der Waals surface area contributed by atoms with Gasteiger partial charge in [-0.3, -0.25) is 19.0 Å². The number of anilines is 1. The number of hydrogen-bond donors (Lipinski definition) is 2. The second-order valence-corrected chi connectivity index (χ2v) is 9.00. The number of nitrogens with zero attached hydrogens (tertiary/aromatic N) is 3. The number of benzene rings is 2. The third kappa shape index (κ3) is 5.21. The van der Waals surface area contributed by atoms with E-state index in [2.05, 4.69) is 21.7 Å². The van der Waals surface area contributed by atoms with Gasteiger partial charge in [0.25, 0.3) is 5.56 Å². The van der Waals surface area contributed by atoms with Crippen LogP contribution in [0, 0.1) is 5.82 Å². The number of fused-ring (bicyclic) bond motifs is 1. The van der Waals surface area contributed by atoms with Crippen molar-refractivity contribution in [2.75, 3.05) is 19.4 Å². The summed E-state index contributed by atoms with van der Waals surface area (Å²) in [6.07, 6.45) is 4.03. The Morgan fingerprint density at radius 1 is 1.19 bits per heavy atom. The summed E-state index contributed by atoms with van der Waals surface area (Å²) in [4.78, 5) is 45.4. The van der Waals surface area contributed by atoms with Gasteiger partial charge in [-0.15, -0.1) is 0 Å². The summed E-state index contributed by atoms with van der Waals surface area (Å²) in [5.41, 5.74) is 2.22. The second kappa shape index (κ2) is 10.8. The molecule has 0 radical (unpaired) electrons. The van der Waals surface area contributed by atoms with E-state index in [0.717, 1.165) is 24.8 Å². The van der Waals surface area contributed by atoms with Crippen molar-refractivity contribution in [3.63, 3.8) is 0 Å². The highest BCUT2D eigenvalue weighted by molar-refractivity contribution is 5.94. The summed E-state index contributed by atoms with van der Waals surface area (Å²) >= 11 is 0. The monoisotopic (exact) mass is 491 g/mol. The molecular weight excluding hydrogens is 461 g/mol. The molecule has 0 bridgehead atoms. The molecule has 1 aromatic heterocycles. The number of likely N-dealkylation sites (N-methyl/N-ethyl adjacent to an activating group) is 2. The topological polar surface area (TPSA) is 96.3 Å². The Kier molecular flexibility index (Phi) is 7.59. The van der Waals surface area contributed by atoms with E-state index in [-0.39, 0.29) is 30.0 Å². The molecule has 2 amide bonds. The number of carbonyl (C=O) groups excluding carboxylic acids is 2. The lowest BCUT2D eigenvalue weighted by atomic mass is 9.87. The SMILES string of the molecule is CN[C@@H](C)C(=O)Nc1cnc(-c2ccc(F)cc2)n(CC(=O)N(C)[C@@H]2CCCc3ccccc32)c1=O. The normalized spacial score (nSPS) is 15.6. The predicted octanol–water partition coefficient (Wildman–Crippen LogP) is 3.13. The van der Waals surface area contributed by atoms with Crippen LogP contribution in [0.2, 0.25) is 0 Å². The quantitative estimate of drug-likeness (QED) is 0.530. The lowest BCUT2D eigenvalue weighted by molar-refractivity contribution is -0.133. The van der Waals surface area contributed by atoms with Crippen LogP contribution in [0.15, 0.2) is 59.5 Å². The fourth-order valence-electron chi connectivity index (χ4n) is 4.48. The molecular formula is C27H30FN5O3. The lowest BCUT2D eigenvalue weighted by Gasteiger charge is -2.33. The van der Waals surface area contributed by atoms with Gasteiger partial charge in [0.2, 0.25) is 11.8 Å². The highest BCUT2D eigenvalue weighted by Crippen LogP contribution is 2.33. The zero-order valence-electron chi connectivity index (χ0n) is 20.6. The number of aryl methyl sites for hydroxylation is 1. The Morgan fingerprint density at radius 2 is 1.92 bits per heavy atom. The average molecular weight is 492 g/mol. The van der Waals surface area contributed by atoms with Crippen molar-refractivity contribution in [2.45, 2.75) is 44.8 Å². The van der Waals surface area contributed by atoms with Crippen LogP contribution < -0.4 is 16.2 Å². The van der Waals surface area contributed by atoms with Crippen molar-refractivity contribution in [2.24, 2.45) is 0 Å². The first-order chi connectivity index (χ1) is 17.3. The van der Waals surface area contributed by atoms with Crippen molar-refractivity contribution in [3.8, 4) is 11.4 Å². The van der Waals surface area contributed by atoms with Gasteiger partial charge < -0.3 is 15.5 Å². The summed E-state index contributed by atoms with van der Waals surface area (Å²) in [6, 6.07) is 13.0. The smallest absolute Gasteiger partial charge is 0.278 e. The molecule has 1 heterocycles. The minimum atomic E-state index is -0.563. The molecule has 0 saturated carbocycles. The van der Waals surface area contributed by atoms with Gasteiger partial charge in [-0.2, -0.15) is 0 Å². The molecule has 1 aliphatic carbocycles. The summed E-state index contributed by atoms with van der Waals surface area (Å²) in [5.74, 6) is -0.884. The standard InChI is InChI=1S/C27H30FN5O3/c1-17(29-2)26(35)31-22-15-30-25(19-11-13-20(28)14-12-19)33(27(22)36)16-24(34)32(3)23-10-6-8-18-7-4-5-9-21(18)23/h4-5,7,9,11-15,17,23,29H,6,8,10,16H2,1-3H3,(H,31,35)/t17-,23+/m0/s1. The number of halogens is 1. The summed E-state index contributed by atoms with van der Waals surface area (Å²) in [6.45, 7) is 1.38. The van der Waals surface area contributed by atoms with Gasteiger partial charge in [-0.1, -0.05) is 24.3 Å². The van der Waals surface area contributed by atoms with Crippen LogP contribution in [0.4, 0.5) is 10.1 Å². The molecule has 2 aromatic carbocycles. The van der Waals surface area contributed by atoms with Crippen molar-refractivity contribution in [1.29, 1.82) is 0 Å². The number of aromatic nitrogens is 2. The average Bonchev–Trinajstić information content (AvgIpc) is 2.90. The van der Waals surface area contributed by atoms with Gasteiger partial charge in [-0.25, -0.2) is 9.37 Å². The second-order valence-electron chi connectivity index (χ2n) is 9.00. The number of hydrogen-bond acceptors (Lipinski definition) is 5. The molecule has 2 atom stereocenters. The molecule has 1 aliphatic rings. The van der Waals surface area contributed by atoms with E-state index >= 15 is 0 Å². The molecule has 36 heavy (non-hydrogen) atoms. The van der Waals surface area contributed by atoms with E-state index < -0.39 is 23.3 Å². The van der Waals surface area contributed by atoms with Crippen molar-refractivity contribution in [1.82, 2.24) is 19.8 Å². The van der Waals surface area contributed by atoms with Crippen LogP contribution in [0.1, 0.15) is 36.9 Å². The van der Waals surface area contributed by atoms with Crippen molar-refractivity contribution < 1.29 is 14.0 Å². The number of nitrogens with one attached hydrogen (secondary N) is 2. The predicted molar refractivity (Wildman–Crippen MR) is 136 cm³/mol. The Hall–Kier alpha value is -3.85. The maximum atomic E-state index is 13.5. The first-order valence-electron chi connectivity index (χ1n) is 12.0. The minimum absolute atomic E-state index is 0.0357. The molecule has 0 unspecified atom stereocenters. The van der Waals surface area contributed by atoms with E-state index in [9.17, 15) is 18.8 Å². The molecule has 4 rings (SSSR count). The summed E-state index contributed by atoms with van der Waals surface area (Å²) in [7, 11) is 3.38. The minimum Gasteiger partial charge on any atom is -0.337 e. The fraction of sp³-hybridized carbons (Fsp3) is 0.333. The first-order valence-corrected chi connectivity index (χ1v) is 12.0. The lowest BCUT2D eigenvalue weighted by Crippen LogP contribution is -2.40. The Bertz CT molecular complexity index is 1320. The van der Waals surface area contributed by atoms with Crippen LogP contribution >= 0.6 is 0 Å². The summed E-state index contributed by atoms with van der Waals surface area (Å²) < 4.78 is 14.8. The fourth-order valence-corrected chi connectivity index (χ4v) is 4.48. The molecule has 0 saturated heterocycles. The van der Waals surface area contributed by atoms with E-state index in [1.165, 1.54) is 40.6 Å². The molecule has 0 fully saturated rings.